The van der Waals surface area contributed by atoms with Gasteiger partial charge in [-0.1, -0.05) is 12.1 Å². The Labute approximate surface area is 137 Å². The van der Waals surface area contributed by atoms with Crippen LogP contribution in [0.2, 0.25) is 0 Å². The number of carboxylic acids is 1. The SMILES string of the molecule is O=C(/C=C/c1ccc(O)cc1)O[C@H]1C[C@](O)(C(=O)O)C[C@H](O)[C@H]1O. The molecule has 24 heavy (non-hydrogen) atoms. The molecule has 5 N–H and O–H groups in total. The predicted octanol–water partition coefficient (Wildman–Crippen LogP) is -0.352. The highest BCUT2D eigenvalue weighted by Crippen LogP contribution is 2.31. The topological polar surface area (TPSA) is 145 Å². The van der Waals surface area contributed by atoms with E-state index in [-0.39, 0.29) is 5.75 Å². The first-order chi connectivity index (χ1) is 11.2. The second kappa shape index (κ2) is 7.00. The summed E-state index contributed by atoms with van der Waals surface area (Å²) in [4.78, 5) is 22.9. The molecule has 0 saturated heterocycles. The molecule has 0 radical (unpaired) electrons. The lowest BCUT2D eigenvalue weighted by atomic mass is 9.79. The normalized spacial score (nSPS) is 30.2. The van der Waals surface area contributed by atoms with Crippen LogP contribution in [0.3, 0.4) is 0 Å². The van der Waals surface area contributed by atoms with E-state index in [9.17, 15) is 24.9 Å². The zero-order chi connectivity index (χ0) is 17.9. The first-order valence-corrected chi connectivity index (χ1v) is 7.21. The fraction of sp³-hybridized carbons (Fsp3) is 0.375. The lowest BCUT2D eigenvalue weighted by molar-refractivity contribution is -0.196. The summed E-state index contributed by atoms with van der Waals surface area (Å²) in [7, 11) is 0. The molecule has 1 aromatic rings. The maximum atomic E-state index is 11.8. The number of phenols is 1. The molecule has 0 unspecified atom stereocenters. The van der Waals surface area contributed by atoms with Gasteiger partial charge in [0.2, 0.25) is 0 Å². The molecule has 130 valence electrons. The second-order valence-electron chi connectivity index (χ2n) is 5.70. The number of phenolic OH excluding ortho intramolecular Hbond substituents is 1. The molecule has 1 aromatic carbocycles. The van der Waals surface area contributed by atoms with Gasteiger partial charge in [0.25, 0.3) is 0 Å². The van der Waals surface area contributed by atoms with Crippen molar-refractivity contribution >= 4 is 18.0 Å². The molecule has 8 heteroatoms. The lowest BCUT2D eigenvalue weighted by Crippen LogP contribution is -2.57. The number of carboxylic acid groups (broad SMARTS) is 1. The van der Waals surface area contributed by atoms with Gasteiger partial charge in [0.15, 0.2) is 5.60 Å². The van der Waals surface area contributed by atoms with Crippen molar-refractivity contribution in [3.63, 3.8) is 0 Å². The minimum Gasteiger partial charge on any atom is -0.508 e. The van der Waals surface area contributed by atoms with E-state index < -0.39 is 48.7 Å². The Kier molecular flexibility index (Phi) is 5.23. The molecule has 0 aromatic heterocycles. The third-order valence-electron chi connectivity index (χ3n) is 3.83. The van der Waals surface area contributed by atoms with E-state index >= 15 is 0 Å². The van der Waals surface area contributed by atoms with Crippen molar-refractivity contribution < 1.29 is 39.9 Å². The fourth-order valence-corrected chi connectivity index (χ4v) is 2.48. The zero-order valence-electron chi connectivity index (χ0n) is 12.6. The number of aliphatic hydroxyl groups excluding tert-OH is 2. The first-order valence-electron chi connectivity index (χ1n) is 7.21. The van der Waals surface area contributed by atoms with Crippen LogP contribution in [-0.2, 0) is 14.3 Å². The summed E-state index contributed by atoms with van der Waals surface area (Å²) < 4.78 is 4.96. The monoisotopic (exact) mass is 338 g/mol. The number of hydrogen-bond donors (Lipinski definition) is 5. The van der Waals surface area contributed by atoms with Gasteiger partial charge < -0.3 is 30.3 Å². The average molecular weight is 338 g/mol. The average Bonchev–Trinajstić information content (AvgIpc) is 2.51. The number of rotatable bonds is 4. The number of aliphatic carboxylic acids is 1. The van der Waals surface area contributed by atoms with Crippen LogP contribution in [0.5, 0.6) is 5.75 Å². The van der Waals surface area contributed by atoms with Gasteiger partial charge in [0.1, 0.15) is 18.0 Å². The molecule has 0 heterocycles. The van der Waals surface area contributed by atoms with Crippen LogP contribution in [0.15, 0.2) is 30.3 Å². The van der Waals surface area contributed by atoms with E-state index in [0.717, 1.165) is 6.08 Å². The predicted molar refractivity (Wildman–Crippen MR) is 80.9 cm³/mol. The molecule has 0 spiro atoms. The molecule has 0 aliphatic heterocycles. The number of carbonyl (C=O) groups is 2. The third-order valence-corrected chi connectivity index (χ3v) is 3.83. The highest BCUT2D eigenvalue weighted by Gasteiger charge is 2.50. The fourth-order valence-electron chi connectivity index (χ4n) is 2.48. The van der Waals surface area contributed by atoms with Gasteiger partial charge in [-0.3, -0.25) is 0 Å². The smallest absolute Gasteiger partial charge is 0.335 e. The summed E-state index contributed by atoms with van der Waals surface area (Å²) in [6.07, 6.45) is -3.00. The van der Waals surface area contributed by atoms with Crippen LogP contribution >= 0.6 is 0 Å². The van der Waals surface area contributed by atoms with Crippen molar-refractivity contribution in [2.45, 2.75) is 36.8 Å². The van der Waals surface area contributed by atoms with Crippen molar-refractivity contribution in [2.24, 2.45) is 0 Å². The molecule has 0 bridgehead atoms. The number of aromatic hydroxyl groups is 1. The Hall–Kier alpha value is -2.42. The number of benzene rings is 1. The van der Waals surface area contributed by atoms with Crippen LogP contribution in [0.1, 0.15) is 18.4 Å². The molecular weight excluding hydrogens is 320 g/mol. The maximum absolute atomic E-state index is 11.8. The first kappa shape index (κ1) is 17.9. The largest absolute Gasteiger partial charge is 0.508 e. The number of esters is 1. The number of hydrogen-bond acceptors (Lipinski definition) is 7. The van der Waals surface area contributed by atoms with E-state index in [1.54, 1.807) is 12.1 Å². The Morgan fingerprint density at radius 1 is 1.17 bits per heavy atom. The summed E-state index contributed by atoms with van der Waals surface area (Å²) in [5.41, 5.74) is -1.67. The molecule has 1 aliphatic rings. The summed E-state index contributed by atoms with van der Waals surface area (Å²) >= 11 is 0. The number of aliphatic hydroxyl groups is 3. The van der Waals surface area contributed by atoms with Gasteiger partial charge in [-0.05, 0) is 23.8 Å². The van der Waals surface area contributed by atoms with Crippen LogP contribution < -0.4 is 0 Å². The molecule has 1 fully saturated rings. The minimum atomic E-state index is -2.27. The van der Waals surface area contributed by atoms with Crippen molar-refractivity contribution in [1.82, 2.24) is 0 Å². The van der Waals surface area contributed by atoms with Crippen molar-refractivity contribution in [2.75, 3.05) is 0 Å². The summed E-state index contributed by atoms with van der Waals surface area (Å²) in [6.45, 7) is 0. The van der Waals surface area contributed by atoms with E-state index in [4.69, 9.17) is 14.9 Å². The van der Waals surface area contributed by atoms with Crippen LogP contribution in [-0.4, -0.2) is 61.4 Å². The zero-order valence-corrected chi connectivity index (χ0v) is 12.6. The standard InChI is InChI=1S/C16H18O8/c17-10-4-1-9(2-5-10)3-6-13(19)24-12-8-16(23,15(21)22)7-11(18)14(12)20/h1-6,11-12,14,17-18,20,23H,7-8H2,(H,21,22)/b6-3+/t11-,12-,14+,16-/m0/s1. The van der Waals surface area contributed by atoms with Crippen molar-refractivity contribution in [3.8, 4) is 5.75 Å². The summed E-state index contributed by atoms with van der Waals surface area (Å²) in [5, 5.41) is 47.6. The Balaban J connectivity index is 2.03. The van der Waals surface area contributed by atoms with Crippen molar-refractivity contribution in [1.29, 1.82) is 0 Å². The summed E-state index contributed by atoms with van der Waals surface area (Å²) in [6, 6.07) is 5.97. The highest BCUT2D eigenvalue weighted by molar-refractivity contribution is 5.87. The molecule has 8 nitrogen and oxygen atoms in total. The molecular formula is C16H18O8. The van der Waals surface area contributed by atoms with Gasteiger partial charge >= 0.3 is 11.9 Å². The summed E-state index contributed by atoms with van der Waals surface area (Å²) in [5.74, 6) is -2.36. The van der Waals surface area contributed by atoms with Gasteiger partial charge in [-0.2, -0.15) is 0 Å². The van der Waals surface area contributed by atoms with Crippen LogP contribution in [0.25, 0.3) is 6.08 Å². The van der Waals surface area contributed by atoms with E-state index in [1.807, 2.05) is 0 Å². The Morgan fingerprint density at radius 2 is 1.79 bits per heavy atom. The second-order valence-corrected chi connectivity index (χ2v) is 5.70. The van der Waals surface area contributed by atoms with Gasteiger partial charge in [-0.25, -0.2) is 9.59 Å². The van der Waals surface area contributed by atoms with E-state index in [0.29, 0.717) is 5.56 Å². The maximum Gasteiger partial charge on any atom is 0.335 e. The highest BCUT2D eigenvalue weighted by atomic mass is 16.6. The number of carbonyl (C=O) groups excluding carboxylic acids is 1. The van der Waals surface area contributed by atoms with Gasteiger partial charge in [0.05, 0.1) is 6.10 Å². The molecule has 1 saturated carbocycles. The minimum absolute atomic E-state index is 0.0713. The Morgan fingerprint density at radius 3 is 2.38 bits per heavy atom. The van der Waals surface area contributed by atoms with E-state index in [1.165, 1.54) is 18.2 Å². The third kappa shape index (κ3) is 4.10. The number of ether oxygens (including phenoxy) is 1. The molecule has 0 amide bonds. The molecule has 2 rings (SSSR count). The van der Waals surface area contributed by atoms with Crippen LogP contribution in [0.4, 0.5) is 0 Å². The van der Waals surface area contributed by atoms with Crippen LogP contribution in [0, 0.1) is 0 Å². The molecule has 1 aliphatic carbocycles. The van der Waals surface area contributed by atoms with Gasteiger partial charge in [0, 0.05) is 18.9 Å². The Bertz CT molecular complexity index is 638. The lowest BCUT2D eigenvalue weighted by Gasteiger charge is -2.39. The van der Waals surface area contributed by atoms with Crippen molar-refractivity contribution in [3.05, 3.63) is 35.9 Å². The van der Waals surface area contributed by atoms with Gasteiger partial charge in [-0.15, -0.1) is 0 Å². The quantitative estimate of drug-likeness (QED) is 0.370. The molecule has 4 atom stereocenters. The van der Waals surface area contributed by atoms with E-state index in [2.05, 4.69) is 0 Å².